The average Bonchev–Trinajstić information content (AvgIpc) is 2.04. The van der Waals surface area contributed by atoms with Gasteiger partial charge in [0.15, 0.2) is 0 Å². The zero-order valence-electron chi connectivity index (χ0n) is 8.13. The Kier molecular flexibility index (Phi) is 7.23. The Labute approximate surface area is 88.1 Å². The lowest BCUT2D eigenvalue weighted by atomic mass is 10.1. The molecule has 0 aliphatic heterocycles. The van der Waals surface area contributed by atoms with E-state index < -0.39 is 6.10 Å². The lowest BCUT2D eigenvalue weighted by Gasteiger charge is -2.06. The normalized spacial score (nSPS) is 16.1. The SMILES string of the molecule is C/C(=C\C(O)C/C(C)=C/CO)CBr. The van der Waals surface area contributed by atoms with Gasteiger partial charge in [-0.1, -0.05) is 39.2 Å². The van der Waals surface area contributed by atoms with E-state index in [2.05, 4.69) is 15.9 Å². The van der Waals surface area contributed by atoms with Crippen LogP contribution >= 0.6 is 15.9 Å². The Morgan fingerprint density at radius 1 is 1.38 bits per heavy atom. The van der Waals surface area contributed by atoms with Crippen LogP contribution < -0.4 is 0 Å². The summed E-state index contributed by atoms with van der Waals surface area (Å²) >= 11 is 3.31. The number of hydrogen-bond acceptors (Lipinski definition) is 2. The molecule has 1 atom stereocenters. The van der Waals surface area contributed by atoms with Gasteiger partial charge in [0.2, 0.25) is 0 Å². The van der Waals surface area contributed by atoms with E-state index in [9.17, 15) is 5.11 Å². The highest BCUT2D eigenvalue weighted by Crippen LogP contribution is 2.08. The Hall–Kier alpha value is -0.120. The molecule has 0 saturated carbocycles. The first-order valence-corrected chi connectivity index (χ1v) is 5.40. The topological polar surface area (TPSA) is 40.5 Å². The van der Waals surface area contributed by atoms with Crippen LogP contribution in [0.3, 0.4) is 0 Å². The Bertz CT molecular complexity index is 197. The molecule has 1 unspecified atom stereocenters. The number of alkyl halides is 1. The molecular formula is C10H17BrO2. The fraction of sp³-hybridized carbons (Fsp3) is 0.600. The Balaban J connectivity index is 4.00. The standard InChI is InChI=1S/C10H17BrO2/c1-8(3-4-12)5-10(13)6-9(2)7-11/h3,6,10,12-13H,4-5,7H2,1-2H3/b8-3+,9-6+. The van der Waals surface area contributed by atoms with Gasteiger partial charge in [-0.05, 0) is 20.3 Å². The molecule has 0 radical (unpaired) electrons. The predicted molar refractivity (Wildman–Crippen MR) is 59.0 cm³/mol. The van der Waals surface area contributed by atoms with Crippen molar-refractivity contribution in [3.63, 3.8) is 0 Å². The number of aliphatic hydroxyl groups is 2. The number of rotatable bonds is 5. The Morgan fingerprint density at radius 2 is 2.00 bits per heavy atom. The van der Waals surface area contributed by atoms with Crippen LogP contribution in [-0.4, -0.2) is 28.3 Å². The van der Waals surface area contributed by atoms with Crippen LogP contribution in [0.4, 0.5) is 0 Å². The molecule has 0 aromatic rings. The first-order chi connectivity index (χ1) is 6.10. The molecule has 0 aromatic heterocycles. The van der Waals surface area contributed by atoms with E-state index >= 15 is 0 Å². The van der Waals surface area contributed by atoms with Gasteiger partial charge in [-0.25, -0.2) is 0 Å². The van der Waals surface area contributed by atoms with Crippen molar-refractivity contribution in [3.8, 4) is 0 Å². The van der Waals surface area contributed by atoms with Crippen LogP contribution in [-0.2, 0) is 0 Å². The summed E-state index contributed by atoms with van der Waals surface area (Å²) in [4.78, 5) is 0. The van der Waals surface area contributed by atoms with Crippen molar-refractivity contribution in [2.45, 2.75) is 26.4 Å². The number of allylic oxidation sites excluding steroid dienone is 1. The summed E-state index contributed by atoms with van der Waals surface area (Å²) < 4.78 is 0. The molecular weight excluding hydrogens is 232 g/mol. The molecule has 0 fully saturated rings. The van der Waals surface area contributed by atoms with Crippen molar-refractivity contribution in [1.82, 2.24) is 0 Å². The minimum atomic E-state index is -0.444. The number of aliphatic hydroxyl groups excluding tert-OH is 2. The maximum absolute atomic E-state index is 9.53. The van der Waals surface area contributed by atoms with Gasteiger partial charge in [0.25, 0.3) is 0 Å². The summed E-state index contributed by atoms with van der Waals surface area (Å²) in [5, 5.41) is 18.9. The fourth-order valence-electron chi connectivity index (χ4n) is 1.00. The van der Waals surface area contributed by atoms with Crippen molar-refractivity contribution in [2.24, 2.45) is 0 Å². The van der Waals surface area contributed by atoms with Gasteiger partial charge in [0, 0.05) is 5.33 Å². The summed E-state index contributed by atoms with van der Waals surface area (Å²) in [6.45, 7) is 3.90. The highest BCUT2D eigenvalue weighted by Gasteiger charge is 2.01. The van der Waals surface area contributed by atoms with Crippen molar-refractivity contribution in [2.75, 3.05) is 11.9 Å². The third kappa shape index (κ3) is 6.99. The molecule has 3 heteroatoms. The second-order valence-electron chi connectivity index (χ2n) is 3.15. The summed E-state index contributed by atoms with van der Waals surface area (Å²) in [6.07, 6.45) is 3.68. The number of halogens is 1. The second kappa shape index (κ2) is 7.30. The minimum Gasteiger partial charge on any atom is -0.392 e. The number of hydrogen-bond donors (Lipinski definition) is 2. The summed E-state index contributed by atoms with van der Waals surface area (Å²) in [6, 6.07) is 0. The maximum atomic E-state index is 9.53. The zero-order valence-corrected chi connectivity index (χ0v) is 9.71. The van der Waals surface area contributed by atoms with Gasteiger partial charge in [0.1, 0.15) is 0 Å². The predicted octanol–water partition coefficient (Wildman–Crippen LogP) is 2.02. The quantitative estimate of drug-likeness (QED) is 0.578. The maximum Gasteiger partial charge on any atom is 0.0760 e. The first kappa shape index (κ1) is 12.9. The van der Waals surface area contributed by atoms with Gasteiger partial charge in [0.05, 0.1) is 12.7 Å². The van der Waals surface area contributed by atoms with E-state index in [1.165, 1.54) is 0 Å². The third-order valence-electron chi connectivity index (χ3n) is 1.66. The highest BCUT2D eigenvalue weighted by molar-refractivity contribution is 9.09. The molecule has 2 nitrogen and oxygen atoms in total. The molecule has 0 saturated heterocycles. The summed E-state index contributed by atoms with van der Waals surface area (Å²) in [5.74, 6) is 0. The van der Waals surface area contributed by atoms with Crippen LogP contribution in [0.5, 0.6) is 0 Å². The molecule has 13 heavy (non-hydrogen) atoms. The minimum absolute atomic E-state index is 0.0414. The molecule has 0 rings (SSSR count). The van der Waals surface area contributed by atoms with Crippen molar-refractivity contribution in [1.29, 1.82) is 0 Å². The molecule has 0 heterocycles. The smallest absolute Gasteiger partial charge is 0.0760 e. The van der Waals surface area contributed by atoms with Gasteiger partial charge < -0.3 is 10.2 Å². The van der Waals surface area contributed by atoms with Crippen molar-refractivity contribution in [3.05, 3.63) is 23.3 Å². The molecule has 0 bridgehead atoms. The van der Waals surface area contributed by atoms with Crippen LogP contribution in [0.1, 0.15) is 20.3 Å². The van der Waals surface area contributed by atoms with E-state index in [1.807, 2.05) is 19.9 Å². The largest absolute Gasteiger partial charge is 0.392 e. The molecule has 2 N–H and O–H groups in total. The van der Waals surface area contributed by atoms with E-state index in [0.717, 1.165) is 16.5 Å². The lowest BCUT2D eigenvalue weighted by molar-refractivity contribution is 0.222. The monoisotopic (exact) mass is 248 g/mol. The van der Waals surface area contributed by atoms with Gasteiger partial charge in [-0.15, -0.1) is 0 Å². The van der Waals surface area contributed by atoms with Crippen LogP contribution in [0.25, 0.3) is 0 Å². The van der Waals surface area contributed by atoms with Crippen LogP contribution in [0.2, 0.25) is 0 Å². The van der Waals surface area contributed by atoms with Gasteiger partial charge >= 0.3 is 0 Å². The van der Waals surface area contributed by atoms with E-state index in [0.29, 0.717) is 6.42 Å². The summed E-state index contributed by atoms with van der Waals surface area (Å²) in [7, 11) is 0. The van der Waals surface area contributed by atoms with Gasteiger partial charge in [-0.2, -0.15) is 0 Å². The molecule has 0 aliphatic carbocycles. The van der Waals surface area contributed by atoms with E-state index in [4.69, 9.17) is 5.11 Å². The van der Waals surface area contributed by atoms with Crippen molar-refractivity contribution >= 4 is 15.9 Å². The highest BCUT2D eigenvalue weighted by atomic mass is 79.9. The average molecular weight is 249 g/mol. The Morgan fingerprint density at radius 3 is 2.46 bits per heavy atom. The molecule has 0 aliphatic rings. The molecule has 0 spiro atoms. The van der Waals surface area contributed by atoms with Gasteiger partial charge in [-0.3, -0.25) is 0 Å². The van der Waals surface area contributed by atoms with Crippen LogP contribution in [0.15, 0.2) is 23.3 Å². The van der Waals surface area contributed by atoms with E-state index in [-0.39, 0.29) is 6.61 Å². The van der Waals surface area contributed by atoms with Crippen LogP contribution in [0, 0.1) is 0 Å². The van der Waals surface area contributed by atoms with E-state index in [1.54, 1.807) is 6.08 Å². The molecule has 0 amide bonds. The zero-order chi connectivity index (χ0) is 10.3. The third-order valence-corrected chi connectivity index (χ3v) is 2.54. The molecule has 76 valence electrons. The van der Waals surface area contributed by atoms with Crippen molar-refractivity contribution < 1.29 is 10.2 Å². The summed E-state index contributed by atoms with van der Waals surface area (Å²) in [5.41, 5.74) is 2.12. The fourth-order valence-corrected chi connectivity index (χ4v) is 1.19. The second-order valence-corrected chi connectivity index (χ2v) is 3.71. The molecule has 0 aromatic carbocycles. The first-order valence-electron chi connectivity index (χ1n) is 4.28. The lowest BCUT2D eigenvalue weighted by Crippen LogP contribution is -2.04.